The zero-order valence-electron chi connectivity index (χ0n) is 8.97. The molecule has 0 bridgehead atoms. The summed E-state index contributed by atoms with van der Waals surface area (Å²) in [6.45, 7) is 1.79. The highest BCUT2D eigenvalue weighted by Crippen LogP contribution is 2.15. The fourth-order valence-electron chi connectivity index (χ4n) is 1.02. The van der Waals surface area contributed by atoms with Gasteiger partial charge in [-0.05, 0) is 24.3 Å². The van der Waals surface area contributed by atoms with Gasteiger partial charge in [-0.1, -0.05) is 6.92 Å². The highest BCUT2D eigenvalue weighted by Gasteiger charge is 1.98. The highest BCUT2D eigenvalue weighted by molar-refractivity contribution is 5.90. The van der Waals surface area contributed by atoms with Crippen molar-refractivity contribution in [2.45, 2.75) is 13.3 Å². The average molecular weight is 219 g/mol. The quantitative estimate of drug-likeness (QED) is 0.469. The average Bonchev–Trinajstić information content (AvgIpc) is 2.31. The summed E-state index contributed by atoms with van der Waals surface area (Å²) in [5, 5.41) is 2.72. The first-order chi connectivity index (χ1) is 7.76. The van der Waals surface area contributed by atoms with E-state index < -0.39 is 0 Å². The Kier molecular flexibility index (Phi) is 4.79. The minimum Gasteiger partial charge on any atom is -0.465 e. The molecule has 0 spiro atoms. The molecule has 0 saturated carbocycles. The number of amides is 1. The molecule has 0 aliphatic heterocycles. The Morgan fingerprint density at radius 1 is 1.38 bits per heavy atom. The maximum atomic E-state index is 11.1. The maximum Gasteiger partial charge on any atom is 0.224 e. The number of carbonyl (C=O) groups excluding carboxylic acids is 2. The van der Waals surface area contributed by atoms with Crippen LogP contribution in [0.4, 0.5) is 5.69 Å². The Labute approximate surface area is 93.9 Å². The summed E-state index contributed by atoms with van der Waals surface area (Å²) in [4.78, 5) is 21.1. The fraction of sp³-hybridized carbons (Fsp3) is 0.167. The Morgan fingerprint density at radius 2 is 2.06 bits per heavy atom. The third-order valence-corrected chi connectivity index (χ3v) is 1.82. The monoisotopic (exact) mass is 219 g/mol. The van der Waals surface area contributed by atoms with Gasteiger partial charge in [0.1, 0.15) is 12.0 Å². The number of benzene rings is 1. The molecule has 1 aromatic rings. The van der Waals surface area contributed by atoms with E-state index >= 15 is 0 Å². The molecule has 0 saturated heterocycles. The van der Waals surface area contributed by atoms with Crippen molar-refractivity contribution >= 4 is 17.9 Å². The molecule has 1 aromatic carbocycles. The van der Waals surface area contributed by atoms with Crippen LogP contribution in [0.5, 0.6) is 5.75 Å². The van der Waals surface area contributed by atoms with Crippen LogP contribution in [0, 0.1) is 0 Å². The van der Waals surface area contributed by atoms with Gasteiger partial charge in [0.05, 0.1) is 6.26 Å². The molecular formula is C12H13NO3. The van der Waals surface area contributed by atoms with Crippen molar-refractivity contribution in [2.75, 3.05) is 5.32 Å². The van der Waals surface area contributed by atoms with Gasteiger partial charge < -0.3 is 10.1 Å². The lowest BCUT2D eigenvalue weighted by Crippen LogP contribution is -2.08. The molecule has 0 heterocycles. The largest absolute Gasteiger partial charge is 0.465 e. The van der Waals surface area contributed by atoms with Gasteiger partial charge in [0.15, 0.2) is 0 Å². The van der Waals surface area contributed by atoms with E-state index in [1.165, 1.54) is 12.3 Å². The maximum absolute atomic E-state index is 11.1. The van der Waals surface area contributed by atoms with Crippen molar-refractivity contribution in [3.63, 3.8) is 0 Å². The molecule has 1 N–H and O–H groups in total. The number of aldehydes is 1. The molecule has 0 aliphatic carbocycles. The second-order valence-corrected chi connectivity index (χ2v) is 3.01. The van der Waals surface area contributed by atoms with Crippen molar-refractivity contribution in [1.82, 2.24) is 0 Å². The Balaban J connectivity index is 2.57. The van der Waals surface area contributed by atoms with E-state index in [4.69, 9.17) is 4.74 Å². The molecule has 4 nitrogen and oxygen atoms in total. The third kappa shape index (κ3) is 3.96. The molecule has 1 rings (SSSR count). The van der Waals surface area contributed by atoms with Crippen LogP contribution in [-0.4, -0.2) is 12.2 Å². The zero-order chi connectivity index (χ0) is 11.8. The topological polar surface area (TPSA) is 55.4 Å². The van der Waals surface area contributed by atoms with Crippen LogP contribution in [0.15, 0.2) is 36.6 Å². The summed E-state index contributed by atoms with van der Waals surface area (Å²) in [5.41, 5.74) is 0.721. The lowest BCUT2D eigenvalue weighted by Gasteiger charge is -2.04. The minimum atomic E-state index is -0.0329. The third-order valence-electron chi connectivity index (χ3n) is 1.82. The summed E-state index contributed by atoms with van der Waals surface area (Å²) in [6, 6.07) is 6.89. The number of ether oxygens (including phenoxy) is 1. The summed E-state index contributed by atoms with van der Waals surface area (Å²) >= 11 is 0. The minimum absolute atomic E-state index is 0.0329. The zero-order valence-corrected chi connectivity index (χ0v) is 8.97. The van der Waals surface area contributed by atoms with Gasteiger partial charge >= 0.3 is 0 Å². The molecule has 0 aliphatic rings. The molecule has 16 heavy (non-hydrogen) atoms. The van der Waals surface area contributed by atoms with Crippen LogP contribution in [0.1, 0.15) is 13.3 Å². The van der Waals surface area contributed by atoms with Gasteiger partial charge in [-0.3, -0.25) is 9.59 Å². The van der Waals surface area contributed by atoms with E-state index in [0.29, 0.717) is 18.5 Å². The molecule has 0 aromatic heterocycles. The summed E-state index contributed by atoms with van der Waals surface area (Å²) in [5.74, 6) is 0.571. The SMILES string of the molecule is CCC(=O)Nc1ccc(O/C=C/C=O)cc1. The van der Waals surface area contributed by atoms with E-state index in [0.717, 1.165) is 5.69 Å². The standard InChI is InChI=1S/C12H13NO3/c1-2-12(15)13-10-4-6-11(7-5-10)16-9-3-8-14/h3-9H,2H2,1H3,(H,13,15)/b9-3+. The van der Waals surface area contributed by atoms with Crippen LogP contribution >= 0.6 is 0 Å². The molecule has 84 valence electrons. The highest BCUT2D eigenvalue weighted by atomic mass is 16.5. The molecule has 1 amide bonds. The Morgan fingerprint density at radius 3 is 2.62 bits per heavy atom. The number of anilines is 1. The number of hydrogen-bond acceptors (Lipinski definition) is 3. The predicted octanol–water partition coefficient (Wildman–Crippen LogP) is 2.13. The molecule has 0 radical (unpaired) electrons. The molecule has 0 fully saturated rings. The number of nitrogens with one attached hydrogen (secondary N) is 1. The Bertz CT molecular complexity index is 382. The number of allylic oxidation sites excluding steroid dienone is 1. The van der Waals surface area contributed by atoms with E-state index in [1.54, 1.807) is 31.2 Å². The van der Waals surface area contributed by atoms with Crippen LogP contribution in [0.2, 0.25) is 0 Å². The fourth-order valence-corrected chi connectivity index (χ4v) is 1.02. The first kappa shape index (κ1) is 12.0. The Hall–Kier alpha value is -2.10. The first-order valence-electron chi connectivity index (χ1n) is 4.93. The van der Waals surface area contributed by atoms with Gasteiger partial charge in [0.2, 0.25) is 5.91 Å². The van der Waals surface area contributed by atoms with Crippen LogP contribution < -0.4 is 10.1 Å². The van der Waals surface area contributed by atoms with Gasteiger partial charge in [-0.25, -0.2) is 0 Å². The predicted molar refractivity (Wildman–Crippen MR) is 61.2 cm³/mol. The summed E-state index contributed by atoms with van der Waals surface area (Å²) in [7, 11) is 0. The van der Waals surface area contributed by atoms with Crippen molar-refractivity contribution in [2.24, 2.45) is 0 Å². The molecule has 0 atom stereocenters. The lowest BCUT2D eigenvalue weighted by atomic mass is 10.3. The number of rotatable bonds is 5. The second kappa shape index (κ2) is 6.40. The first-order valence-corrected chi connectivity index (χ1v) is 4.93. The van der Waals surface area contributed by atoms with Crippen molar-refractivity contribution in [1.29, 1.82) is 0 Å². The summed E-state index contributed by atoms with van der Waals surface area (Å²) in [6.07, 6.45) is 3.63. The summed E-state index contributed by atoms with van der Waals surface area (Å²) < 4.78 is 5.11. The molecular weight excluding hydrogens is 206 g/mol. The van der Waals surface area contributed by atoms with Crippen LogP contribution in [0.3, 0.4) is 0 Å². The van der Waals surface area contributed by atoms with Crippen molar-refractivity contribution in [3.05, 3.63) is 36.6 Å². The van der Waals surface area contributed by atoms with Gasteiger partial charge in [-0.2, -0.15) is 0 Å². The molecule has 0 unspecified atom stereocenters. The van der Waals surface area contributed by atoms with Crippen LogP contribution in [-0.2, 0) is 9.59 Å². The van der Waals surface area contributed by atoms with Gasteiger partial charge in [0.25, 0.3) is 0 Å². The normalized spacial score (nSPS) is 10.1. The van der Waals surface area contributed by atoms with Gasteiger partial charge in [-0.15, -0.1) is 0 Å². The molecule has 4 heteroatoms. The van der Waals surface area contributed by atoms with Gasteiger partial charge in [0, 0.05) is 18.2 Å². The van der Waals surface area contributed by atoms with E-state index in [9.17, 15) is 9.59 Å². The van der Waals surface area contributed by atoms with Crippen molar-refractivity contribution < 1.29 is 14.3 Å². The van der Waals surface area contributed by atoms with Crippen LogP contribution in [0.25, 0.3) is 0 Å². The lowest BCUT2D eigenvalue weighted by molar-refractivity contribution is -0.115. The van der Waals surface area contributed by atoms with Crippen molar-refractivity contribution in [3.8, 4) is 5.75 Å². The second-order valence-electron chi connectivity index (χ2n) is 3.01. The van der Waals surface area contributed by atoms with E-state index in [2.05, 4.69) is 5.32 Å². The number of hydrogen-bond donors (Lipinski definition) is 1. The smallest absolute Gasteiger partial charge is 0.224 e. The number of carbonyl (C=O) groups is 2. The van der Waals surface area contributed by atoms with E-state index in [-0.39, 0.29) is 5.91 Å². The van der Waals surface area contributed by atoms with E-state index in [1.807, 2.05) is 0 Å².